The number of amides is 3. The van der Waals surface area contributed by atoms with Crippen molar-refractivity contribution in [1.29, 1.82) is 0 Å². The van der Waals surface area contributed by atoms with E-state index in [4.69, 9.17) is 4.74 Å². The first-order valence-corrected chi connectivity index (χ1v) is 7.89. The van der Waals surface area contributed by atoms with Crippen LogP contribution in [0.2, 0.25) is 0 Å². The largest absolute Gasteiger partial charge is 0.497 e. The Bertz CT molecular complexity index is 631. The molecule has 0 atom stereocenters. The predicted octanol–water partition coefficient (Wildman–Crippen LogP) is 2.53. The van der Waals surface area contributed by atoms with Crippen molar-refractivity contribution in [3.8, 4) is 5.75 Å². The summed E-state index contributed by atoms with van der Waals surface area (Å²) in [7, 11) is 1.60. The first-order chi connectivity index (χ1) is 11.0. The van der Waals surface area contributed by atoms with Crippen LogP contribution in [0.5, 0.6) is 5.75 Å². The van der Waals surface area contributed by atoms with Gasteiger partial charge in [-0.2, -0.15) is 5.10 Å². The highest BCUT2D eigenvalue weighted by atomic mass is 16.5. The van der Waals surface area contributed by atoms with E-state index in [1.54, 1.807) is 19.2 Å². The van der Waals surface area contributed by atoms with Gasteiger partial charge >= 0.3 is 6.03 Å². The monoisotopic (exact) mass is 315 g/mol. The van der Waals surface area contributed by atoms with Crippen LogP contribution in [0.15, 0.2) is 29.4 Å². The highest BCUT2D eigenvalue weighted by Gasteiger charge is 2.52. The molecule has 1 aromatic rings. The lowest BCUT2D eigenvalue weighted by Gasteiger charge is -2.33. The maximum atomic E-state index is 12.6. The van der Waals surface area contributed by atoms with E-state index in [0.29, 0.717) is 18.8 Å². The Morgan fingerprint density at radius 3 is 2.52 bits per heavy atom. The molecule has 6 nitrogen and oxygen atoms in total. The fourth-order valence-electron chi connectivity index (χ4n) is 3.12. The second kappa shape index (κ2) is 6.02. The number of ether oxygens (including phenoxy) is 1. The van der Waals surface area contributed by atoms with E-state index >= 15 is 0 Å². The zero-order valence-electron chi connectivity index (χ0n) is 13.4. The predicted molar refractivity (Wildman–Crippen MR) is 86.3 cm³/mol. The number of imide groups is 1. The normalized spacial score (nSPS) is 27.7. The van der Waals surface area contributed by atoms with Gasteiger partial charge in [0.25, 0.3) is 5.91 Å². The van der Waals surface area contributed by atoms with Crippen LogP contribution in [0.25, 0.3) is 0 Å². The molecule has 0 aromatic heterocycles. The van der Waals surface area contributed by atoms with Gasteiger partial charge in [0, 0.05) is 0 Å². The molecule has 1 saturated heterocycles. The molecule has 3 rings (SSSR count). The van der Waals surface area contributed by atoms with Crippen molar-refractivity contribution in [2.24, 2.45) is 11.0 Å². The number of nitrogens with zero attached hydrogens (tertiary/aromatic N) is 2. The average Bonchev–Trinajstić information content (AvgIpc) is 2.80. The third-order valence-electron chi connectivity index (χ3n) is 4.71. The zero-order chi connectivity index (χ0) is 16.4. The smallest absolute Gasteiger partial charge is 0.346 e. The SMILES string of the molecule is COc1ccc(/C=N\N2C(=O)NC3(CCC(C)CC3)C2=O)cc1. The molecule has 6 heteroatoms. The molecular formula is C17H21N3O3. The van der Waals surface area contributed by atoms with Crippen LogP contribution in [-0.4, -0.2) is 35.8 Å². The van der Waals surface area contributed by atoms with Crippen molar-refractivity contribution in [3.05, 3.63) is 29.8 Å². The van der Waals surface area contributed by atoms with E-state index in [1.807, 2.05) is 12.1 Å². The highest BCUT2D eigenvalue weighted by molar-refractivity contribution is 6.07. The number of benzene rings is 1. The van der Waals surface area contributed by atoms with Crippen LogP contribution in [0.1, 0.15) is 38.2 Å². The number of urea groups is 1. The van der Waals surface area contributed by atoms with Gasteiger partial charge in [-0.25, -0.2) is 4.79 Å². The molecule has 122 valence electrons. The second-order valence-corrected chi connectivity index (χ2v) is 6.33. The Morgan fingerprint density at radius 1 is 1.26 bits per heavy atom. The second-order valence-electron chi connectivity index (χ2n) is 6.33. The van der Waals surface area contributed by atoms with Gasteiger partial charge < -0.3 is 10.1 Å². The molecule has 1 aliphatic carbocycles. The Kier molecular flexibility index (Phi) is 4.07. The first-order valence-electron chi connectivity index (χ1n) is 7.89. The number of hydrogen-bond donors (Lipinski definition) is 1. The fraction of sp³-hybridized carbons (Fsp3) is 0.471. The van der Waals surface area contributed by atoms with Crippen LogP contribution in [0.4, 0.5) is 4.79 Å². The molecule has 23 heavy (non-hydrogen) atoms. The van der Waals surface area contributed by atoms with Crippen LogP contribution in [-0.2, 0) is 4.79 Å². The molecule has 1 aromatic carbocycles. The number of carbonyl (C=O) groups excluding carboxylic acids is 2. The summed E-state index contributed by atoms with van der Waals surface area (Å²) in [5, 5.41) is 7.89. The van der Waals surface area contributed by atoms with Gasteiger partial charge in [-0.1, -0.05) is 6.92 Å². The molecular weight excluding hydrogens is 294 g/mol. The standard InChI is InChI=1S/C17H21N3O3/c1-12-7-9-17(10-8-12)15(21)20(16(22)19-17)18-11-13-3-5-14(23-2)6-4-13/h3-6,11-12H,7-10H2,1-2H3,(H,19,22)/b18-11-. The molecule has 1 heterocycles. The van der Waals surface area contributed by atoms with E-state index in [2.05, 4.69) is 17.3 Å². The van der Waals surface area contributed by atoms with Crippen LogP contribution in [0, 0.1) is 5.92 Å². The molecule has 0 bridgehead atoms. The topological polar surface area (TPSA) is 71.0 Å². The van der Waals surface area contributed by atoms with Crippen molar-refractivity contribution >= 4 is 18.2 Å². The van der Waals surface area contributed by atoms with Gasteiger partial charge in [0.2, 0.25) is 0 Å². The first kappa shape index (κ1) is 15.5. The summed E-state index contributed by atoms with van der Waals surface area (Å²) in [6, 6.07) is 6.81. The number of rotatable bonds is 3. The number of hydrazone groups is 1. The van der Waals surface area contributed by atoms with E-state index < -0.39 is 11.6 Å². The number of methoxy groups -OCH3 is 1. The lowest BCUT2D eigenvalue weighted by molar-refractivity contribution is -0.132. The van der Waals surface area contributed by atoms with E-state index in [0.717, 1.165) is 29.2 Å². The summed E-state index contributed by atoms with van der Waals surface area (Å²) in [4.78, 5) is 24.8. The minimum Gasteiger partial charge on any atom is -0.497 e. The maximum Gasteiger partial charge on any atom is 0.346 e. The molecule has 1 spiro atoms. The minimum absolute atomic E-state index is 0.237. The Balaban J connectivity index is 1.73. The Labute approximate surface area is 135 Å². The molecule has 0 unspecified atom stereocenters. The summed E-state index contributed by atoms with van der Waals surface area (Å²) >= 11 is 0. The third-order valence-corrected chi connectivity index (χ3v) is 4.71. The van der Waals surface area contributed by atoms with Crippen molar-refractivity contribution in [2.75, 3.05) is 7.11 Å². The molecule has 0 radical (unpaired) electrons. The van der Waals surface area contributed by atoms with Crippen molar-refractivity contribution in [1.82, 2.24) is 10.3 Å². The van der Waals surface area contributed by atoms with Gasteiger partial charge in [-0.15, -0.1) is 5.01 Å². The summed E-state index contributed by atoms with van der Waals surface area (Å²) < 4.78 is 5.09. The maximum absolute atomic E-state index is 12.6. The molecule has 1 saturated carbocycles. The third kappa shape index (κ3) is 2.93. The Morgan fingerprint density at radius 2 is 1.91 bits per heavy atom. The van der Waals surface area contributed by atoms with Crippen LogP contribution in [0.3, 0.4) is 0 Å². The highest BCUT2D eigenvalue weighted by Crippen LogP contribution is 2.36. The van der Waals surface area contributed by atoms with Crippen molar-refractivity contribution in [2.45, 2.75) is 38.1 Å². The molecule has 1 aliphatic heterocycles. The van der Waals surface area contributed by atoms with Crippen molar-refractivity contribution < 1.29 is 14.3 Å². The quantitative estimate of drug-likeness (QED) is 0.688. The molecule has 2 aliphatic rings. The van der Waals surface area contributed by atoms with E-state index in [-0.39, 0.29) is 5.91 Å². The van der Waals surface area contributed by atoms with E-state index in [9.17, 15) is 9.59 Å². The number of hydrogen-bond acceptors (Lipinski definition) is 4. The van der Waals surface area contributed by atoms with Crippen molar-refractivity contribution in [3.63, 3.8) is 0 Å². The Hall–Kier alpha value is -2.37. The summed E-state index contributed by atoms with van der Waals surface area (Å²) in [6.45, 7) is 2.17. The van der Waals surface area contributed by atoms with Crippen LogP contribution < -0.4 is 10.1 Å². The molecule has 1 N–H and O–H groups in total. The van der Waals surface area contributed by atoms with Gasteiger partial charge in [0.05, 0.1) is 13.3 Å². The summed E-state index contributed by atoms with van der Waals surface area (Å²) in [5.41, 5.74) is 0.0468. The number of carbonyl (C=O) groups is 2. The summed E-state index contributed by atoms with van der Waals surface area (Å²) in [6.07, 6.45) is 4.78. The molecule has 3 amide bonds. The summed E-state index contributed by atoms with van der Waals surface area (Å²) in [5.74, 6) is 1.11. The lowest BCUT2D eigenvalue weighted by Crippen LogP contribution is -2.49. The lowest BCUT2D eigenvalue weighted by atomic mass is 9.77. The van der Waals surface area contributed by atoms with Gasteiger partial charge in [-0.05, 0) is 61.4 Å². The molecule has 2 fully saturated rings. The zero-order valence-corrected chi connectivity index (χ0v) is 13.4. The number of nitrogens with one attached hydrogen (secondary N) is 1. The van der Waals surface area contributed by atoms with E-state index in [1.165, 1.54) is 6.21 Å². The van der Waals surface area contributed by atoms with Gasteiger partial charge in [-0.3, -0.25) is 4.79 Å². The van der Waals surface area contributed by atoms with Gasteiger partial charge in [0.1, 0.15) is 11.3 Å². The fourth-order valence-corrected chi connectivity index (χ4v) is 3.12. The van der Waals surface area contributed by atoms with Gasteiger partial charge in [0.15, 0.2) is 0 Å². The minimum atomic E-state index is -0.749. The van der Waals surface area contributed by atoms with Crippen LogP contribution >= 0.6 is 0 Å². The average molecular weight is 315 g/mol.